The van der Waals surface area contributed by atoms with Crippen LogP contribution >= 0.6 is 0 Å². The summed E-state index contributed by atoms with van der Waals surface area (Å²) in [5.74, 6) is 0.923. The summed E-state index contributed by atoms with van der Waals surface area (Å²) in [6.45, 7) is 7.26. The summed E-state index contributed by atoms with van der Waals surface area (Å²) in [6, 6.07) is 0. The normalized spacial score (nSPS) is 12.5. The van der Waals surface area contributed by atoms with Gasteiger partial charge < -0.3 is 5.32 Å². The van der Waals surface area contributed by atoms with Crippen molar-refractivity contribution in [2.24, 2.45) is 5.92 Å². The van der Waals surface area contributed by atoms with Crippen LogP contribution in [0, 0.1) is 5.92 Å². The van der Waals surface area contributed by atoms with E-state index in [0.29, 0.717) is 6.42 Å². The molecule has 0 rings (SSSR count). The van der Waals surface area contributed by atoms with Gasteiger partial charge in [-0.1, -0.05) is 52.9 Å². The van der Waals surface area contributed by atoms with Gasteiger partial charge in [0.2, 0.25) is 5.91 Å². The molecule has 0 aliphatic rings. The number of unbranched alkanes of at least 4 members (excludes halogenated alkanes) is 3. The van der Waals surface area contributed by atoms with Gasteiger partial charge in [0.1, 0.15) is 0 Å². The number of hydrogen-bond donors (Lipinski definition) is 1. The summed E-state index contributed by atoms with van der Waals surface area (Å²) >= 11 is 0. The monoisotopic (exact) mass is 213 g/mol. The Kier molecular flexibility index (Phi) is 9.65. The first-order valence-electron chi connectivity index (χ1n) is 6.47. The van der Waals surface area contributed by atoms with E-state index in [1.807, 2.05) is 6.92 Å². The molecule has 0 radical (unpaired) electrons. The third-order valence-corrected chi connectivity index (χ3v) is 2.83. The zero-order valence-electron chi connectivity index (χ0n) is 10.6. The van der Waals surface area contributed by atoms with Gasteiger partial charge in [-0.3, -0.25) is 4.79 Å². The van der Waals surface area contributed by atoms with E-state index in [9.17, 15) is 4.79 Å². The van der Waals surface area contributed by atoms with Crippen LogP contribution < -0.4 is 5.32 Å². The zero-order chi connectivity index (χ0) is 11.5. The van der Waals surface area contributed by atoms with Crippen molar-refractivity contribution < 1.29 is 4.79 Å². The summed E-state index contributed by atoms with van der Waals surface area (Å²) < 4.78 is 0. The molecule has 2 heteroatoms. The van der Waals surface area contributed by atoms with Gasteiger partial charge in [0.05, 0.1) is 0 Å². The molecule has 0 heterocycles. The van der Waals surface area contributed by atoms with Crippen molar-refractivity contribution in [3.63, 3.8) is 0 Å². The second-order valence-corrected chi connectivity index (χ2v) is 4.45. The molecule has 0 fully saturated rings. The van der Waals surface area contributed by atoms with Crippen LogP contribution in [0.3, 0.4) is 0 Å². The smallest absolute Gasteiger partial charge is 0.219 e. The standard InChI is InChI=1S/C13H27NO/c1-4-6-7-8-9-12(3)10-11-14-13(15)5-2/h12H,4-11H2,1-3H3,(H,14,15). The molecule has 0 aliphatic carbocycles. The Bertz CT molecular complexity index is 157. The lowest BCUT2D eigenvalue weighted by Crippen LogP contribution is -2.24. The molecule has 0 aromatic rings. The Labute approximate surface area is 94.8 Å². The summed E-state index contributed by atoms with van der Waals surface area (Å²) in [7, 11) is 0. The van der Waals surface area contributed by atoms with E-state index in [1.54, 1.807) is 0 Å². The minimum Gasteiger partial charge on any atom is -0.356 e. The fourth-order valence-corrected chi connectivity index (χ4v) is 1.65. The molecule has 1 amide bonds. The minimum atomic E-state index is 0.174. The molecular weight excluding hydrogens is 186 g/mol. The molecule has 0 spiro atoms. The predicted octanol–water partition coefficient (Wildman–Crippen LogP) is 3.51. The number of rotatable bonds is 9. The lowest BCUT2D eigenvalue weighted by Gasteiger charge is -2.11. The number of hydrogen-bond acceptors (Lipinski definition) is 1. The molecule has 0 aromatic carbocycles. The minimum absolute atomic E-state index is 0.174. The van der Waals surface area contributed by atoms with Gasteiger partial charge in [0.15, 0.2) is 0 Å². The van der Waals surface area contributed by atoms with E-state index in [2.05, 4.69) is 19.2 Å². The number of amides is 1. The maximum absolute atomic E-state index is 11.0. The van der Waals surface area contributed by atoms with Gasteiger partial charge in [-0.25, -0.2) is 0 Å². The molecule has 0 aliphatic heterocycles. The van der Waals surface area contributed by atoms with Crippen LogP contribution in [0.15, 0.2) is 0 Å². The maximum Gasteiger partial charge on any atom is 0.219 e. The van der Waals surface area contributed by atoms with E-state index in [1.165, 1.54) is 32.1 Å². The van der Waals surface area contributed by atoms with Gasteiger partial charge in [-0.05, 0) is 12.3 Å². The van der Waals surface area contributed by atoms with Crippen LogP contribution in [-0.4, -0.2) is 12.5 Å². The van der Waals surface area contributed by atoms with Crippen LogP contribution in [0.25, 0.3) is 0 Å². The highest BCUT2D eigenvalue weighted by Crippen LogP contribution is 2.12. The molecule has 15 heavy (non-hydrogen) atoms. The molecule has 0 bridgehead atoms. The van der Waals surface area contributed by atoms with E-state index in [0.717, 1.165) is 18.9 Å². The Morgan fingerprint density at radius 2 is 1.87 bits per heavy atom. The third-order valence-electron chi connectivity index (χ3n) is 2.83. The highest BCUT2D eigenvalue weighted by molar-refractivity contribution is 5.75. The summed E-state index contributed by atoms with van der Waals surface area (Å²) in [5, 5.41) is 2.93. The lowest BCUT2D eigenvalue weighted by atomic mass is 9.99. The lowest BCUT2D eigenvalue weighted by molar-refractivity contribution is -0.120. The van der Waals surface area contributed by atoms with Gasteiger partial charge in [-0.15, -0.1) is 0 Å². The van der Waals surface area contributed by atoms with Crippen LogP contribution in [0.5, 0.6) is 0 Å². The molecule has 0 saturated carbocycles. The molecule has 0 saturated heterocycles. The molecular formula is C13H27NO. The Balaban J connectivity index is 3.25. The van der Waals surface area contributed by atoms with Crippen molar-refractivity contribution in [1.82, 2.24) is 5.32 Å². The van der Waals surface area contributed by atoms with Crippen molar-refractivity contribution in [2.75, 3.05) is 6.54 Å². The SMILES string of the molecule is CCCCCCC(C)CCNC(=O)CC. The topological polar surface area (TPSA) is 29.1 Å². The molecule has 1 atom stereocenters. The van der Waals surface area contributed by atoms with Crippen molar-refractivity contribution >= 4 is 5.91 Å². The molecule has 1 N–H and O–H groups in total. The van der Waals surface area contributed by atoms with Crippen LogP contribution in [-0.2, 0) is 4.79 Å². The fourth-order valence-electron chi connectivity index (χ4n) is 1.65. The highest BCUT2D eigenvalue weighted by atomic mass is 16.1. The average molecular weight is 213 g/mol. The van der Waals surface area contributed by atoms with Crippen LogP contribution in [0.4, 0.5) is 0 Å². The summed E-state index contributed by atoms with van der Waals surface area (Å²) in [6.07, 6.45) is 8.41. The Hall–Kier alpha value is -0.530. The van der Waals surface area contributed by atoms with E-state index in [-0.39, 0.29) is 5.91 Å². The third kappa shape index (κ3) is 9.77. The van der Waals surface area contributed by atoms with Gasteiger partial charge in [0.25, 0.3) is 0 Å². The van der Waals surface area contributed by atoms with E-state index < -0.39 is 0 Å². The highest BCUT2D eigenvalue weighted by Gasteiger charge is 2.02. The first-order chi connectivity index (χ1) is 7.20. The number of carbonyl (C=O) groups excluding carboxylic acids is 1. The molecule has 90 valence electrons. The van der Waals surface area contributed by atoms with E-state index in [4.69, 9.17) is 0 Å². The number of nitrogens with one attached hydrogen (secondary N) is 1. The van der Waals surface area contributed by atoms with Gasteiger partial charge in [0, 0.05) is 13.0 Å². The average Bonchev–Trinajstić information content (AvgIpc) is 2.24. The Morgan fingerprint density at radius 3 is 2.47 bits per heavy atom. The van der Waals surface area contributed by atoms with Crippen molar-refractivity contribution in [2.45, 2.75) is 65.7 Å². The maximum atomic E-state index is 11.0. The molecule has 2 nitrogen and oxygen atoms in total. The first-order valence-corrected chi connectivity index (χ1v) is 6.47. The zero-order valence-corrected chi connectivity index (χ0v) is 10.6. The van der Waals surface area contributed by atoms with E-state index >= 15 is 0 Å². The number of carbonyl (C=O) groups is 1. The summed E-state index contributed by atoms with van der Waals surface area (Å²) in [4.78, 5) is 11.0. The first kappa shape index (κ1) is 14.5. The Morgan fingerprint density at radius 1 is 1.13 bits per heavy atom. The largest absolute Gasteiger partial charge is 0.356 e. The second kappa shape index (κ2) is 10.0. The van der Waals surface area contributed by atoms with Crippen LogP contribution in [0.1, 0.15) is 65.7 Å². The predicted molar refractivity (Wildman–Crippen MR) is 65.8 cm³/mol. The molecule has 0 aromatic heterocycles. The molecule has 1 unspecified atom stereocenters. The van der Waals surface area contributed by atoms with Gasteiger partial charge in [-0.2, -0.15) is 0 Å². The van der Waals surface area contributed by atoms with Crippen LogP contribution in [0.2, 0.25) is 0 Å². The quantitative estimate of drug-likeness (QED) is 0.583. The van der Waals surface area contributed by atoms with Gasteiger partial charge >= 0.3 is 0 Å². The van der Waals surface area contributed by atoms with Crippen molar-refractivity contribution in [1.29, 1.82) is 0 Å². The fraction of sp³-hybridized carbons (Fsp3) is 0.923. The second-order valence-electron chi connectivity index (χ2n) is 4.45. The summed E-state index contributed by atoms with van der Waals surface area (Å²) in [5.41, 5.74) is 0. The van der Waals surface area contributed by atoms with Crippen molar-refractivity contribution in [3.05, 3.63) is 0 Å². The van der Waals surface area contributed by atoms with Crippen molar-refractivity contribution in [3.8, 4) is 0 Å².